The van der Waals surface area contributed by atoms with Gasteiger partial charge < -0.3 is 10.6 Å². The number of aromatic nitrogens is 3. The lowest BCUT2D eigenvalue weighted by molar-refractivity contribution is 0.416. The van der Waals surface area contributed by atoms with Gasteiger partial charge in [0.05, 0.1) is 5.25 Å². The maximum Gasteiger partial charge on any atom is 0.245 e. The lowest BCUT2D eigenvalue weighted by Gasteiger charge is -2.36. The molecule has 100 valence electrons. The van der Waals surface area contributed by atoms with Crippen molar-refractivity contribution in [2.24, 2.45) is 5.73 Å². The number of piperidine rings is 1. The van der Waals surface area contributed by atoms with Gasteiger partial charge in [0.1, 0.15) is 5.82 Å². The SMILES string of the molecule is CC1C(N)CCCN1c1n[nH]c(C2CCCS2)n1. The summed E-state index contributed by atoms with van der Waals surface area (Å²) in [5.74, 6) is 3.12. The highest BCUT2D eigenvalue weighted by Gasteiger charge is 2.29. The molecule has 2 saturated heterocycles. The first-order valence-electron chi connectivity index (χ1n) is 6.82. The van der Waals surface area contributed by atoms with Crippen LogP contribution in [-0.2, 0) is 0 Å². The van der Waals surface area contributed by atoms with Gasteiger partial charge in [0.15, 0.2) is 0 Å². The van der Waals surface area contributed by atoms with E-state index in [4.69, 9.17) is 5.73 Å². The minimum absolute atomic E-state index is 0.238. The van der Waals surface area contributed by atoms with E-state index in [-0.39, 0.29) is 6.04 Å². The van der Waals surface area contributed by atoms with Crippen LogP contribution in [0.4, 0.5) is 5.95 Å². The molecule has 0 spiro atoms. The van der Waals surface area contributed by atoms with Gasteiger partial charge in [-0.15, -0.1) is 5.10 Å². The molecule has 2 aliphatic heterocycles. The molecule has 3 N–H and O–H groups in total. The summed E-state index contributed by atoms with van der Waals surface area (Å²) in [6.45, 7) is 3.19. The summed E-state index contributed by atoms with van der Waals surface area (Å²) in [4.78, 5) is 6.93. The number of aromatic amines is 1. The van der Waals surface area contributed by atoms with E-state index in [1.807, 2.05) is 11.8 Å². The fraction of sp³-hybridized carbons (Fsp3) is 0.833. The predicted molar refractivity (Wildman–Crippen MR) is 74.8 cm³/mol. The van der Waals surface area contributed by atoms with Crippen molar-refractivity contribution in [3.05, 3.63) is 5.82 Å². The summed E-state index contributed by atoms with van der Waals surface area (Å²) < 4.78 is 0. The van der Waals surface area contributed by atoms with Crippen LogP contribution in [0.25, 0.3) is 0 Å². The molecule has 0 aromatic carbocycles. The second kappa shape index (κ2) is 5.09. The van der Waals surface area contributed by atoms with Crippen LogP contribution in [0.2, 0.25) is 0 Å². The number of nitrogens with zero attached hydrogens (tertiary/aromatic N) is 3. The third-order valence-electron chi connectivity index (χ3n) is 4.03. The highest BCUT2D eigenvalue weighted by Crippen LogP contribution is 2.38. The predicted octanol–water partition coefficient (Wildman–Crippen LogP) is 1.69. The topological polar surface area (TPSA) is 70.8 Å². The fourth-order valence-corrected chi connectivity index (χ4v) is 4.00. The van der Waals surface area contributed by atoms with E-state index in [1.54, 1.807) is 0 Å². The first-order chi connectivity index (χ1) is 8.75. The Bertz CT molecular complexity index is 401. The van der Waals surface area contributed by atoms with Crippen molar-refractivity contribution < 1.29 is 0 Å². The number of nitrogens with two attached hydrogens (primary N) is 1. The fourth-order valence-electron chi connectivity index (χ4n) is 2.79. The van der Waals surface area contributed by atoms with Gasteiger partial charge in [-0.3, -0.25) is 5.10 Å². The molecule has 3 heterocycles. The Kier molecular flexibility index (Phi) is 3.48. The van der Waals surface area contributed by atoms with Crippen LogP contribution in [0.15, 0.2) is 0 Å². The summed E-state index contributed by atoms with van der Waals surface area (Å²) in [5.41, 5.74) is 6.12. The van der Waals surface area contributed by atoms with Crippen LogP contribution in [0.3, 0.4) is 0 Å². The van der Waals surface area contributed by atoms with Crippen molar-refractivity contribution in [2.45, 2.75) is 49.9 Å². The molecule has 0 aliphatic carbocycles. The van der Waals surface area contributed by atoms with E-state index in [0.29, 0.717) is 11.3 Å². The van der Waals surface area contributed by atoms with Crippen molar-refractivity contribution in [3.63, 3.8) is 0 Å². The van der Waals surface area contributed by atoms with Crippen LogP contribution in [0.1, 0.15) is 43.7 Å². The summed E-state index contributed by atoms with van der Waals surface area (Å²) in [6, 6.07) is 0.570. The van der Waals surface area contributed by atoms with Crippen molar-refractivity contribution in [1.29, 1.82) is 0 Å². The van der Waals surface area contributed by atoms with Crippen molar-refractivity contribution >= 4 is 17.7 Å². The Morgan fingerprint density at radius 2 is 2.28 bits per heavy atom. The Labute approximate surface area is 112 Å². The zero-order chi connectivity index (χ0) is 12.5. The van der Waals surface area contributed by atoms with Gasteiger partial charge >= 0.3 is 0 Å². The second-order valence-electron chi connectivity index (χ2n) is 5.26. The van der Waals surface area contributed by atoms with E-state index >= 15 is 0 Å². The van der Waals surface area contributed by atoms with Gasteiger partial charge in [-0.1, -0.05) is 0 Å². The molecule has 1 aromatic heterocycles. The zero-order valence-corrected chi connectivity index (χ0v) is 11.6. The summed E-state index contributed by atoms with van der Waals surface area (Å²) in [5, 5.41) is 8.02. The Hall–Kier alpha value is -0.750. The van der Waals surface area contributed by atoms with Crippen LogP contribution in [-0.4, -0.2) is 39.6 Å². The van der Waals surface area contributed by atoms with E-state index in [9.17, 15) is 0 Å². The summed E-state index contributed by atoms with van der Waals surface area (Å²) >= 11 is 1.98. The molecule has 0 radical (unpaired) electrons. The molecule has 3 rings (SSSR count). The van der Waals surface area contributed by atoms with Gasteiger partial charge in [-0.2, -0.15) is 16.7 Å². The first-order valence-corrected chi connectivity index (χ1v) is 7.86. The van der Waals surface area contributed by atoms with Crippen molar-refractivity contribution in [3.8, 4) is 0 Å². The van der Waals surface area contributed by atoms with Crippen molar-refractivity contribution in [1.82, 2.24) is 15.2 Å². The molecule has 6 heteroatoms. The van der Waals surface area contributed by atoms with Crippen LogP contribution >= 0.6 is 11.8 Å². The molecule has 0 amide bonds. The minimum atomic E-state index is 0.238. The molecule has 3 unspecified atom stereocenters. The molecule has 2 fully saturated rings. The number of nitrogens with one attached hydrogen (secondary N) is 1. The average Bonchev–Trinajstić information content (AvgIpc) is 3.01. The first kappa shape index (κ1) is 12.3. The molecular weight excluding hydrogens is 246 g/mol. The van der Waals surface area contributed by atoms with Gasteiger partial charge in [-0.05, 0) is 38.4 Å². The lowest BCUT2D eigenvalue weighted by Crippen LogP contribution is -2.51. The highest BCUT2D eigenvalue weighted by molar-refractivity contribution is 7.99. The summed E-state index contributed by atoms with van der Waals surface area (Å²) in [7, 11) is 0. The van der Waals surface area contributed by atoms with E-state index in [0.717, 1.165) is 31.2 Å². The van der Waals surface area contributed by atoms with E-state index in [2.05, 4.69) is 27.0 Å². The molecular formula is C12H21N5S. The van der Waals surface area contributed by atoms with Crippen LogP contribution in [0, 0.1) is 0 Å². The third kappa shape index (κ3) is 2.23. The maximum atomic E-state index is 6.12. The molecule has 1 aromatic rings. The summed E-state index contributed by atoms with van der Waals surface area (Å²) in [6.07, 6.45) is 4.74. The number of hydrogen-bond acceptors (Lipinski definition) is 5. The lowest BCUT2D eigenvalue weighted by atomic mass is 9.99. The molecule has 3 atom stereocenters. The number of thioether (sulfide) groups is 1. The van der Waals surface area contributed by atoms with Gasteiger partial charge in [0, 0.05) is 18.6 Å². The Morgan fingerprint density at radius 3 is 3.06 bits per heavy atom. The molecule has 18 heavy (non-hydrogen) atoms. The van der Waals surface area contributed by atoms with Crippen LogP contribution in [0.5, 0.6) is 0 Å². The largest absolute Gasteiger partial charge is 0.335 e. The minimum Gasteiger partial charge on any atom is -0.335 e. The van der Waals surface area contributed by atoms with E-state index in [1.165, 1.54) is 18.6 Å². The number of anilines is 1. The second-order valence-corrected chi connectivity index (χ2v) is 6.57. The Morgan fingerprint density at radius 1 is 1.39 bits per heavy atom. The maximum absolute atomic E-state index is 6.12. The van der Waals surface area contributed by atoms with E-state index < -0.39 is 0 Å². The number of H-pyrrole nitrogens is 1. The zero-order valence-electron chi connectivity index (χ0n) is 10.8. The van der Waals surface area contributed by atoms with Crippen molar-refractivity contribution in [2.75, 3.05) is 17.2 Å². The molecule has 0 bridgehead atoms. The number of rotatable bonds is 2. The van der Waals surface area contributed by atoms with Gasteiger partial charge in [-0.25, -0.2) is 0 Å². The highest BCUT2D eigenvalue weighted by atomic mass is 32.2. The average molecular weight is 267 g/mol. The molecule has 2 aliphatic rings. The van der Waals surface area contributed by atoms with Gasteiger partial charge in [0.2, 0.25) is 5.95 Å². The quantitative estimate of drug-likeness (QED) is 0.853. The Balaban J connectivity index is 1.75. The smallest absolute Gasteiger partial charge is 0.245 e. The normalized spacial score (nSPS) is 33.0. The molecule has 0 saturated carbocycles. The van der Waals surface area contributed by atoms with Gasteiger partial charge in [0.25, 0.3) is 0 Å². The standard InChI is InChI=1S/C12H21N5S/c1-8-9(13)4-2-6-17(8)12-14-11(15-16-12)10-5-3-7-18-10/h8-10H,2-7,13H2,1H3,(H,14,15,16). The molecule has 5 nitrogen and oxygen atoms in total. The third-order valence-corrected chi connectivity index (χ3v) is 5.42. The monoisotopic (exact) mass is 267 g/mol. The van der Waals surface area contributed by atoms with Crippen LogP contribution < -0.4 is 10.6 Å². The number of hydrogen-bond donors (Lipinski definition) is 2.